The fraction of sp³-hybridized carbons (Fsp3) is 0.455. The van der Waals surface area contributed by atoms with Gasteiger partial charge in [-0.25, -0.2) is 4.98 Å². The smallest absolute Gasteiger partial charge is 0.251 e. The summed E-state index contributed by atoms with van der Waals surface area (Å²) in [5.41, 5.74) is 7.44. The van der Waals surface area contributed by atoms with Gasteiger partial charge >= 0.3 is 0 Å². The van der Waals surface area contributed by atoms with Crippen molar-refractivity contribution < 1.29 is 4.79 Å². The Kier molecular flexibility index (Phi) is 4.09. The predicted molar refractivity (Wildman–Crippen MR) is 61.1 cm³/mol. The van der Waals surface area contributed by atoms with Crippen LogP contribution in [0.2, 0.25) is 5.15 Å². The van der Waals surface area contributed by atoms with E-state index in [-0.39, 0.29) is 5.15 Å². The first kappa shape index (κ1) is 12.0. The molecule has 15 heavy (non-hydrogen) atoms. The second kappa shape index (κ2) is 5.12. The molecule has 0 saturated carbocycles. The van der Waals surface area contributed by atoms with Crippen LogP contribution < -0.4 is 5.73 Å². The lowest BCUT2D eigenvalue weighted by molar-refractivity contribution is 0.1000. The molecule has 1 heterocycles. The summed E-state index contributed by atoms with van der Waals surface area (Å²) in [5, 5.41) is 0.195. The molecule has 82 valence electrons. The van der Waals surface area contributed by atoms with Crippen LogP contribution in [0.1, 0.15) is 41.4 Å². The van der Waals surface area contributed by atoms with Crippen LogP contribution in [0.4, 0.5) is 0 Å². The Morgan fingerprint density at radius 1 is 1.60 bits per heavy atom. The Hall–Kier alpha value is -1.09. The molecule has 0 fully saturated rings. The average Bonchev–Trinajstić information content (AvgIpc) is 2.16. The van der Waals surface area contributed by atoms with Gasteiger partial charge in [-0.1, -0.05) is 24.9 Å². The summed E-state index contributed by atoms with van der Waals surface area (Å²) in [6, 6.07) is 1.75. The molecule has 0 unspecified atom stereocenters. The summed E-state index contributed by atoms with van der Waals surface area (Å²) in [6.45, 7) is 4.01. The summed E-state index contributed by atoms with van der Waals surface area (Å²) < 4.78 is 0. The van der Waals surface area contributed by atoms with Crippen molar-refractivity contribution in [2.75, 3.05) is 0 Å². The van der Waals surface area contributed by atoms with Gasteiger partial charge in [0.05, 0.1) is 5.56 Å². The fourth-order valence-corrected chi connectivity index (χ4v) is 1.69. The van der Waals surface area contributed by atoms with E-state index < -0.39 is 5.91 Å². The van der Waals surface area contributed by atoms with Gasteiger partial charge in [-0.15, -0.1) is 0 Å². The zero-order valence-corrected chi connectivity index (χ0v) is 9.77. The Labute approximate surface area is 94.6 Å². The summed E-state index contributed by atoms with van der Waals surface area (Å²) in [7, 11) is 0. The zero-order chi connectivity index (χ0) is 11.4. The highest BCUT2D eigenvalue weighted by Crippen LogP contribution is 2.18. The van der Waals surface area contributed by atoms with Gasteiger partial charge in [0.1, 0.15) is 5.15 Å². The van der Waals surface area contributed by atoms with Gasteiger partial charge in [-0.3, -0.25) is 4.79 Å². The number of hydrogen-bond acceptors (Lipinski definition) is 2. The molecule has 2 N–H and O–H groups in total. The lowest BCUT2D eigenvalue weighted by atomic mass is 10.1. The van der Waals surface area contributed by atoms with Crippen molar-refractivity contribution in [2.45, 2.75) is 33.1 Å². The van der Waals surface area contributed by atoms with Crippen LogP contribution in [0, 0.1) is 6.92 Å². The molecule has 0 aliphatic carbocycles. The van der Waals surface area contributed by atoms with Crippen LogP contribution in [-0.2, 0) is 6.42 Å². The summed E-state index contributed by atoms with van der Waals surface area (Å²) in [4.78, 5) is 15.2. The number of aromatic nitrogens is 1. The van der Waals surface area contributed by atoms with Crippen molar-refractivity contribution >= 4 is 17.5 Å². The zero-order valence-electron chi connectivity index (χ0n) is 9.01. The summed E-state index contributed by atoms with van der Waals surface area (Å²) >= 11 is 5.82. The number of hydrogen-bond donors (Lipinski definition) is 1. The van der Waals surface area contributed by atoms with Gasteiger partial charge in [0, 0.05) is 5.69 Å². The lowest BCUT2D eigenvalue weighted by Crippen LogP contribution is -2.13. The maximum atomic E-state index is 11.1. The molecule has 1 aromatic heterocycles. The number of nitrogens with two attached hydrogens (primary N) is 1. The largest absolute Gasteiger partial charge is 0.366 e. The van der Waals surface area contributed by atoms with E-state index in [0.29, 0.717) is 5.56 Å². The van der Waals surface area contributed by atoms with E-state index in [1.54, 1.807) is 6.07 Å². The molecule has 1 amide bonds. The van der Waals surface area contributed by atoms with Gasteiger partial charge < -0.3 is 5.73 Å². The van der Waals surface area contributed by atoms with Crippen LogP contribution in [0.3, 0.4) is 0 Å². The van der Waals surface area contributed by atoms with Crippen LogP contribution in [0.25, 0.3) is 0 Å². The maximum absolute atomic E-state index is 11.1. The van der Waals surface area contributed by atoms with Crippen molar-refractivity contribution in [3.63, 3.8) is 0 Å². The van der Waals surface area contributed by atoms with Crippen LogP contribution >= 0.6 is 11.6 Å². The lowest BCUT2D eigenvalue weighted by Gasteiger charge is -2.07. The number of pyridine rings is 1. The first-order valence-electron chi connectivity index (χ1n) is 5.02. The van der Waals surface area contributed by atoms with Crippen molar-refractivity contribution in [3.8, 4) is 0 Å². The number of halogens is 1. The van der Waals surface area contributed by atoms with Crippen molar-refractivity contribution in [3.05, 3.63) is 28.0 Å². The quantitative estimate of drug-likeness (QED) is 0.802. The molecule has 3 nitrogen and oxygen atoms in total. The van der Waals surface area contributed by atoms with E-state index in [2.05, 4.69) is 11.9 Å². The summed E-state index contributed by atoms with van der Waals surface area (Å²) in [6.07, 6.45) is 3.09. The topological polar surface area (TPSA) is 56.0 Å². The number of aryl methyl sites for hydroxylation is 2. The molecule has 0 aromatic carbocycles. The highest BCUT2D eigenvalue weighted by atomic mass is 35.5. The Balaban J connectivity index is 3.06. The molecule has 0 saturated heterocycles. The van der Waals surface area contributed by atoms with Gasteiger partial charge in [0.15, 0.2) is 0 Å². The minimum atomic E-state index is -0.523. The van der Waals surface area contributed by atoms with E-state index in [4.69, 9.17) is 17.3 Å². The van der Waals surface area contributed by atoms with Crippen LogP contribution in [0.5, 0.6) is 0 Å². The third-order valence-corrected chi connectivity index (χ3v) is 2.62. The first-order valence-corrected chi connectivity index (χ1v) is 5.39. The Morgan fingerprint density at radius 2 is 2.27 bits per heavy atom. The number of amides is 1. The van der Waals surface area contributed by atoms with E-state index in [1.807, 2.05) is 6.92 Å². The minimum absolute atomic E-state index is 0.195. The molecule has 1 rings (SSSR count). The van der Waals surface area contributed by atoms with Crippen LogP contribution in [-0.4, -0.2) is 10.9 Å². The Morgan fingerprint density at radius 3 is 2.80 bits per heavy atom. The van der Waals surface area contributed by atoms with E-state index >= 15 is 0 Å². The molecule has 0 aliphatic heterocycles. The monoisotopic (exact) mass is 226 g/mol. The molecule has 1 aromatic rings. The molecule has 0 radical (unpaired) electrons. The van der Waals surface area contributed by atoms with E-state index in [1.165, 1.54) is 0 Å². The van der Waals surface area contributed by atoms with Gasteiger partial charge in [-0.05, 0) is 31.4 Å². The molecule has 0 aliphatic rings. The summed E-state index contributed by atoms with van der Waals surface area (Å²) in [5.74, 6) is -0.523. The number of nitrogens with zero attached hydrogens (tertiary/aromatic N) is 1. The SMILES string of the molecule is CCCCc1cc(C(N)=O)c(Cl)nc1C. The van der Waals surface area contributed by atoms with Crippen molar-refractivity contribution in [2.24, 2.45) is 5.73 Å². The number of primary amides is 1. The maximum Gasteiger partial charge on any atom is 0.251 e. The third kappa shape index (κ3) is 2.93. The van der Waals surface area contributed by atoms with E-state index in [0.717, 1.165) is 30.5 Å². The van der Waals surface area contributed by atoms with Crippen LogP contribution in [0.15, 0.2) is 6.07 Å². The standard InChI is InChI=1S/C11H15ClN2O/c1-3-4-5-8-6-9(11(13)15)10(12)14-7(8)2/h6H,3-5H2,1-2H3,(H2,13,15). The number of rotatable bonds is 4. The van der Waals surface area contributed by atoms with E-state index in [9.17, 15) is 4.79 Å². The van der Waals surface area contributed by atoms with Crippen molar-refractivity contribution in [1.29, 1.82) is 0 Å². The van der Waals surface area contributed by atoms with Gasteiger partial charge in [0.2, 0.25) is 0 Å². The second-order valence-corrected chi connectivity index (χ2v) is 3.90. The number of unbranched alkanes of at least 4 members (excludes halogenated alkanes) is 1. The number of carbonyl (C=O) groups excluding carboxylic acids is 1. The highest BCUT2D eigenvalue weighted by Gasteiger charge is 2.11. The molecule has 0 spiro atoms. The predicted octanol–water partition coefficient (Wildman–Crippen LogP) is 2.48. The average molecular weight is 227 g/mol. The molecular weight excluding hydrogens is 212 g/mol. The molecular formula is C11H15ClN2O. The minimum Gasteiger partial charge on any atom is -0.366 e. The van der Waals surface area contributed by atoms with Gasteiger partial charge in [0.25, 0.3) is 5.91 Å². The molecule has 0 bridgehead atoms. The first-order chi connectivity index (χ1) is 7.06. The Bertz CT molecular complexity index is 377. The van der Waals surface area contributed by atoms with Gasteiger partial charge in [-0.2, -0.15) is 0 Å². The fourth-order valence-electron chi connectivity index (χ4n) is 1.41. The number of carbonyl (C=O) groups is 1. The highest BCUT2D eigenvalue weighted by molar-refractivity contribution is 6.32. The second-order valence-electron chi connectivity index (χ2n) is 3.54. The normalized spacial score (nSPS) is 10.3. The molecule has 4 heteroatoms. The third-order valence-electron chi connectivity index (χ3n) is 2.34. The molecule has 0 atom stereocenters. The van der Waals surface area contributed by atoms with Crippen molar-refractivity contribution in [1.82, 2.24) is 4.98 Å².